The van der Waals surface area contributed by atoms with Gasteiger partial charge in [-0.1, -0.05) is 18.2 Å². The van der Waals surface area contributed by atoms with Crippen LogP contribution in [0.3, 0.4) is 0 Å². The van der Waals surface area contributed by atoms with E-state index in [1.54, 1.807) is 7.05 Å². The lowest BCUT2D eigenvalue weighted by molar-refractivity contribution is 0.377. The number of rotatable bonds is 2. The second kappa shape index (κ2) is 5.82. The first-order valence-corrected chi connectivity index (χ1v) is 6.74. The smallest absolute Gasteiger partial charge is 0.194 e. The van der Waals surface area contributed by atoms with Crippen molar-refractivity contribution in [3.05, 3.63) is 11.6 Å². The monoisotopic (exact) mass is 261 g/mol. The van der Waals surface area contributed by atoms with Crippen LogP contribution in [0.25, 0.3) is 0 Å². The van der Waals surface area contributed by atoms with Crippen LogP contribution < -0.4 is 5.32 Å². The van der Waals surface area contributed by atoms with E-state index in [0.29, 0.717) is 11.6 Å². The normalized spacial score (nSPS) is 20.8. The summed E-state index contributed by atoms with van der Waals surface area (Å²) in [6.45, 7) is 10.8. The number of hydrogen-bond acceptors (Lipinski definition) is 2. The molecule has 1 N–H and O–H groups in total. The van der Waals surface area contributed by atoms with Gasteiger partial charge in [0.1, 0.15) is 0 Å². The third kappa shape index (κ3) is 4.26. The van der Waals surface area contributed by atoms with Gasteiger partial charge in [0, 0.05) is 35.7 Å². The number of guanidine groups is 1. The van der Waals surface area contributed by atoms with Crippen LogP contribution in [-0.2, 0) is 0 Å². The lowest BCUT2D eigenvalue weighted by Crippen LogP contribution is -2.51. The molecule has 1 fully saturated rings. The molecule has 0 radical (unpaired) electrons. The van der Waals surface area contributed by atoms with Crippen molar-refractivity contribution in [1.29, 1.82) is 0 Å². The van der Waals surface area contributed by atoms with Gasteiger partial charge in [-0.2, -0.15) is 11.8 Å². The summed E-state index contributed by atoms with van der Waals surface area (Å²) < 4.78 is 0.286. The largest absolute Gasteiger partial charge is 0.351 e. The van der Waals surface area contributed by atoms with Gasteiger partial charge in [0.05, 0.1) is 6.54 Å². The van der Waals surface area contributed by atoms with E-state index in [0.717, 1.165) is 24.8 Å². The number of thioether (sulfide) groups is 1. The molecule has 1 saturated heterocycles. The van der Waals surface area contributed by atoms with Gasteiger partial charge in [0.25, 0.3) is 0 Å². The number of aliphatic imine (C=N–C) groups is 1. The van der Waals surface area contributed by atoms with Crippen molar-refractivity contribution in [1.82, 2.24) is 10.2 Å². The van der Waals surface area contributed by atoms with Crippen LogP contribution in [0.15, 0.2) is 16.6 Å². The first kappa shape index (κ1) is 13.7. The number of nitrogens with zero attached hydrogens (tertiary/aromatic N) is 2. The molecule has 0 atom stereocenters. The minimum Gasteiger partial charge on any atom is -0.351 e. The highest BCUT2D eigenvalue weighted by molar-refractivity contribution is 8.00. The zero-order valence-electron chi connectivity index (χ0n) is 10.2. The van der Waals surface area contributed by atoms with Crippen LogP contribution in [0, 0.1) is 0 Å². The van der Waals surface area contributed by atoms with Crippen LogP contribution in [0.5, 0.6) is 0 Å². The predicted molar refractivity (Wildman–Crippen MR) is 74.5 cm³/mol. The van der Waals surface area contributed by atoms with Crippen molar-refractivity contribution in [3.63, 3.8) is 0 Å². The minimum absolute atomic E-state index is 0.286. The van der Waals surface area contributed by atoms with Gasteiger partial charge in [-0.25, -0.2) is 0 Å². The predicted octanol–water partition coefficient (Wildman–Crippen LogP) is 2.14. The van der Waals surface area contributed by atoms with Gasteiger partial charge in [-0.05, 0) is 13.8 Å². The van der Waals surface area contributed by atoms with E-state index in [1.807, 2.05) is 11.8 Å². The van der Waals surface area contributed by atoms with E-state index in [-0.39, 0.29) is 4.75 Å². The summed E-state index contributed by atoms with van der Waals surface area (Å²) in [4.78, 5) is 6.55. The summed E-state index contributed by atoms with van der Waals surface area (Å²) in [7, 11) is 1.80. The maximum atomic E-state index is 5.74. The standard InChI is InChI=1S/C11H20ClN3S/c1-9(12)7-14-10(13-4)15-5-6-16-11(2,3)8-15/h1,5-8H2,2-4H3,(H,13,14). The van der Waals surface area contributed by atoms with E-state index < -0.39 is 0 Å². The highest BCUT2D eigenvalue weighted by atomic mass is 35.5. The second-order valence-corrected chi connectivity index (χ2v) is 6.78. The van der Waals surface area contributed by atoms with Gasteiger partial charge in [0.15, 0.2) is 5.96 Å². The van der Waals surface area contributed by atoms with Crippen LogP contribution in [0.1, 0.15) is 13.8 Å². The van der Waals surface area contributed by atoms with Crippen molar-refractivity contribution < 1.29 is 0 Å². The van der Waals surface area contributed by atoms with Crippen molar-refractivity contribution in [2.75, 3.05) is 32.4 Å². The molecular formula is C11H20ClN3S. The Bertz CT molecular complexity index is 289. The molecule has 0 aromatic carbocycles. The Morgan fingerprint density at radius 3 is 2.81 bits per heavy atom. The first-order valence-electron chi connectivity index (χ1n) is 5.37. The average molecular weight is 262 g/mol. The number of nitrogens with one attached hydrogen (secondary N) is 1. The zero-order chi connectivity index (χ0) is 12.2. The molecule has 0 amide bonds. The number of hydrogen-bond donors (Lipinski definition) is 1. The van der Waals surface area contributed by atoms with Crippen LogP contribution in [0.4, 0.5) is 0 Å². The molecule has 0 bridgehead atoms. The summed E-state index contributed by atoms with van der Waals surface area (Å²) in [6.07, 6.45) is 0. The summed E-state index contributed by atoms with van der Waals surface area (Å²) in [5.74, 6) is 2.05. The van der Waals surface area contributed by atoms with E-state index in [1.165, 1.54) is 0 Å². The molecule has 0 aromatic rings. The fraction of sp³-hybridized carbons (Fsp3) is 0.727. The molecule has 3 nitrogen and oxygen atoms in total. The molecule has 1 aliphatic rings. The van der Waals surface area contributed by atoms with Gasteiger partial charge < -0.3 is 10.2 Å². The van der Waals surface area contributed by atoms with Crippen LogP contribution >= 0.6 is 23.4 Å². The third-order valence-electron chi connectivity index (χ3n) is 2.38. The van der Waals surface area contributed by atoms with Gasteiger partial charge in [-0.15, -0.1) is 0 Å². The molecule has 0 aromatic heterocycles. The molecule has 0 spiro atoms. The molecule has 0 unspecified atom stereocenters. The molecule has 1 aliphatic heterocycles. The van der Waals surface area contributed by atoms with Crippen molar-refractivity contribution in [3.8, 4) is 0 Å². The lowest BCUT2D eigenvalue weighted by atomic mass is 10.2. The highest BCUT2D eigenvalue weighted by Crippen LogP contribution is 2.29. The number of halogens is 1. The quantitative estimate of drug-likeness (QED) is 0.610. The second-order valence-electron chi connectivity index (χ2n) is 4.45. The molecule has 1 heterocycles. The Balaban J connectivity index is 2.56. The van der Waals surface area contributed by atoms with E-state index >= 15 is 0 Å². The average Bonchev–Trinajstić information content (AvgIpc) is 2.16. The topological polar surface area (TPSA) is 27.6 Å². The summed E-state index contributed by atoms with van der Waals surface area (Å²) in [6, 6.07) is 0. The first-order chi connectivity index (χ1) is 7.44. The Hall–Kier alpha value is -0.350. The highest BCUT2D eigenvalue weighted by Gasteiger charge is 2.28. The van der Waals surface area contributed by atoms with E-state index in [4.69, 9.17) is 11.6 Å². The Morgan fingerprint density at radius 1 is 1.62 bits per heavy atom. The lowest BCUT2D eigenvalue weighted by Gasteiger charge is -2.39. The fourth-order valence-electron chi connectivity index (χ4n) is 1.70. The van der Waals surface area contributed by atoms with E-state index in [9.17, 15) is 0 Å². The third-order valence-corrected chi connectivity index (χ3v) is 3.81. The van der Waals surface area contributed by atoms with Crippen molar-refractivity contribution in [2.24, 2.45) is 4.99 Å². The molecular weight excluding hydrogens is 242 g/mol. The Morgan fingerprint density at radius 2 is 2.31 bits per heavy atom. The molecule has 5 heteroatoms. The van der Waals surface area contributed by atoms with Gasteiger partial charge >= 0.3 is 0 Å². The zero-order valence-corrected chi connectivity index (χ0v) is 11.8. The Labute approximate surface area is 107 Å². The van der Waals surface area contributed by atoms with Crippen molar-refractivity contribution in [2.45, 2.75) is 18.6 Å². The molecule has 1 rings (SSSR count). The van der Waals surface area contributed by atoms with Gasteiger partial charge in [-0.3, -0.25) is 4.99 Å². The molecule has 16 heavy (non-hydrogen) atoms. The SMILES string of the molecule is C=C(Cl)CNC(=NC)N1CCSC(C)(C)C1. The summed E-state index contributed by atoms with van der Waals surface area (Å²) in [5.41, 5.74) is 0. The summed E-state index contributed by atoms with van der Waals surface area (Å²) in [5, 5.41) is 3.82. The molecule has 0 saturated carbocycles. The van der Waals surface area contributed by atoms with Gasteiger partial charge in [0.2, 0.25) is 0 Å². The summed E-state index contributed by atoms with van der Waals surface area (Å²) >= 11 is 7.75. The fourth-order valence-corrected chi connectivity index (χ4v) is 2.88. The van der Waals surface area contributed by atoms with Crippen LogP contribution in [-0.4, -0.2) is 48.0 Å². The van der Waals surface area contributed by atoms with Crippen LogP contribution in [0.2, 0.25) is 0 Å². The maximum Gasteiger partial charge on any atom is 0.194 e. The Kier molecular flexibility index (Phi) is 4.99. The van der Waals surface area contributed by atoms with Crippen molar-refractivity contribution >= 4 is 29.3 Å². The maximum absolute atomic E-state index is 5.74. The molecule has 92 valence electrons. The molecule has 0 aliphatic carbocycles. The van der Waals surface area contributed by atoms with E-state index in [2.05, 4.69) is 35.6 Å². The minimum atomic E-state index is 0.286.